The van der Waals surface area contributed by atoms with Crippen molar-refractivity contribution in [2.24, 2.45) is 17.6 Å². The van der Waals surface area contributed by atoms with Crippen molar-refractivity contribution in [3.8, 4) is 23.0 Å². The molecule has 276 valence electrons. The number of carbonyl (C=O) groups is 1. The van der Waals surface area contributed by atoms with Crippen LogP contribution >= 0.6 is 46.4 Å². The number of hydrogen-bond acceptors (Lipinski definition) is 7. The van der Waals surface area contributed by atoms with E-state index in [1.54, 1.807) is 24.3 Å². The normalized spacial score (nSPS) is 24.5. The fourth-order valence-electron chi connectivity index (χ4n) is 7.35. The summed E-state index contributed by atoms with van der Waals surface area (Å²) in [5, 5.41) is 56.2. The number of halogens is 4. The molecular weight excluding hydrogens is 712 g/mol. The number of phenolic OH excluding ortho intramolecular Hbond substituents is 4. The number of aromatic hydroxyl groups is 4. The second-order valence-electron chi connectivity index (χ2n) is 13.8. The van der Waals surface area contributed by atoms with E-state index in [-0.39, 0.29) is 46.7 Å². The van der Waals surface area contributed by atoms with E-state index in [1.165, 1.54) is 0 Å². The molecule has 1 amide bonds. The molecule has 0 aliphatic heterocycles. The molecule has 0 saturated heterocycles. The maximum absolute atomic E-state index is 12.0. The number of benzene rings is 2. The number of nitrogens with two attached hydrogens (primary N) is 1. The van der Waals surface area contributed by atoms with Gasteiger partial charge in [-0.3, -0.25) is 0 Å². The lowest BCUT2D eigenvalue weighted by Crippen LogP contribution is -2.22. The first-order valence-electron chi connectivity index (χ1n) is 17.5. The minimum Gasteiger partial charge on any atom is -0.508 e. The lowest BCUT2D eigenvalue weighted by molar-refractivity contribution is 0.0690. The van der Waals surface area contributed by atoms with E-state index in [0.29, 0.717) is 86.5 Å². The molecule has 2 aromatic carbocycles. The van der Waals surface area contributed by atoms with Gasteiger partial charge in [0.15, 0.2) is 0 Å². The van der Waals surface area contributed by atoms with Crippen LogP contribution in [0.5, 0.6) is 23.0 Å². The van der Waals surface area contributed by atoms with Gasteiger partial charge >= 0.3 is 6.09 Å². The van der Waals surface area contributed by atoms with E-state index in [4.69, 9.17) is 56.9 Å². The van der Waals surface area contributed by atoms with Crippen LogP contribution in [0.1, 0.15) is 150 Å². The van der Waals surface area contributed by atoms with Crippen LogP contribution in [0, 0.1) is 11.8 Å². The van der Waals surface area contributed by atoms with E-state index in [9.17, 15) is 30.3 Å². The molecule has 0 aromatic heterocycles. The van der Waals surface area contributed by atoms with Crippen molar-refractivity contribution in [2.75, 3.05) is 0 Å². The number of aliphatic hydroxyl groups excluding tert-OH is 1. The molecule has 6 rings (SSSR count). The summed E-state index contributed by atoms with van der Waals surface area (Å²) in [6.45, 7) is 3.86. The van der Waals surface area contributed by atoms with Gasteiger partial charge in [-0.2, -0.15) is 0 Å². The maximum Gasteiger partial charge on any atom is 0.405 e. The highest BCUT2D eigenvalue weighted by Crippen LogP contribution is 2.46. The van der Waals surface area contributed by atoms with Crippen LogP contribution < -0.4 is 5.73 Å². The molecule has 4 bridgehead atoms. The molecule has 2 aromatic rings. The SMILES string of the molecule is C[C@H]1CCCC[C@H](CCCC(Cl)Cl)c2c(O)cc(cc2O)[C@H](OC(N)=O)[C@@H](C)CCCC[C@H](CCCC(Cl)Cl)c2c(O)cc(cc2O)[C@@H]1O. The van der Waals surface area contributed by atoms with Gasteiger partial charge in [0, 0.05) is 16.7 Å². The molecule has 0 saturated carbocycles. The van der Waals surface area contributed by atoms with Crippen LogP contribution in [0.3, 0.4) is 0 Å². The topological polar surface area (TPSA) is 153 Å². The Balaban J connectivity index is 1.98. The van der Waals surface area contributed by atoms with Gasteiger partial charge in [-0.25, -0.2) is 4.79 Å². The number of primary amides is 1. The first-order chi connectivity index (χ1) is 23.2. The molecule has 0 radical (unpaired) electrons. The summed E-state index contributed by atoms with van der Waals surface area (Å²) >= 11 is 24.0. The summed E-state index contributed by atoms with van der Waals surface area (Å²) in [6.07, 6.45) is 6.69. The van der Waals surface area contributed by atoms with E-state index >= 15 is 0 Å². The summed E-state index contributed by atoms with van der Waals surface area (Å²) in [5.74, 6) is -1.02. The van der Waals surface area contributed by atoms with Gasteiger partial charge in [0.25, 0.3) is 0 Å². The highest BCUT2D eigenvalue weighted by atomic mass is 35.5. The van der Waals surface area contributed by atoms with Gasteiger partial charge in [0.2, 0.25) is 0 Å². The van der Waals surface area contributed by atoms with Crippen molar-refractivity contribution >= 4 is 52.5 Å². The Labute approximate surface area is 310 Å². The second kappa shape index (κ2) is 20.2. The maximum atomic E-state index is 12.0. The van der Waals surface area contributed by atoms with Crippen LogP contribution in [0.25, 0.3) is 0 Å². The molecule has 6 atom stereocenters. The third kappa shape index (κ3) is 12.6. The monoisotopic (exact) mass is 763 g/mol. The lowest BCUT2D eigenvalue weighted by Gasteiger charge is -2.27. The Bertz CT molecular complexity index is 1300. The molecule has 7 N–H and O–H groups in total. The summed E-state index contributed by atoms with van der Waals surface area (Å²) < 4.78 is 5.55. The number of carbonyl (C=O) groups excluding carboxylic acids is 1. The first-order valence-corrected chi connectivity index (χ1v) is 19.3. The number of phenols is 4. The predicted octanol–water partition coefficient (Wildman–Crippen LogP) is 10.9. The van der Waals surface area contributed by atoms with Gasteiger partial charge in [-0.15, -0.1) is 46.4 Å². The molecule has 8 nitrogen and oxygen atoms in total. The average Bonchev–Trinajstić information content (AvgIpc) is 3.01. The zero-order valence-corrected chi connectivity index (χ0v) is 31.5. The summed E-state index contributed by atoms with van der Waals surface area (Å²) in [5.41, 5.74) is 7.24. The van der Waals surface area contributed by atoms with Gasteiger partial charge in [0.05, 0.1) is 6.10 Å². The lowest BCUT2D eigenvalue weighted by atomic mass is 9.83. The minimum atomic E-state index is -0.957. The van der Waals surface area contributed by atoms with Crippen molar-refractivity contribution in [2.45, 2.75) is 137 Å². The van der Waals surface area contributed by atoms with Crippen LogP contribution in [0.4, 0.5) is 4.79 Å². The Morgan fingerprint density at radius 1 is 0.714 bits per heavy atom. The number of aliphatic hydroxyl groups is 1. The number of hydrogen-bond donors (Lipinski definition) is 6. The Morgan fingerprint density at radius 3 is 1.51 bits per heavy atom. The largest absolute Gasteiger partial charge is 0.508 e. The van der Waals surface area contributed by atoms with Gasteiger partial charge in [-0.1, -0.05) is 52.4 Å². The number of alkyl halides is 4. The number of amides is 1. The number of ether oxygens (including phenoxy) is 1. The zero-order chi connectivity index (χ0) is 36.2. The Hall–Kier alpha value is -1.97. The molecule has 12 heteroatoms. The van der Waals surface area contributed by atoms with Gasteiger partial charge in [0.1, 0.15) is 38.8 Å². The minimum absolute atomic E-state index is 0.0495. The van der Waals surface area contributed by atoms with Gasteiger partial charge in [-0.05, 0) is 105 Å². The quantitative estimate of drug-likeness (QED) is 0.139. The molecular formula is C37H53Cl4NO7. The fraction of sp³-hybridized carbons (Fsp3) is 0.649. The van der Waals surface area contributed by atoms with Crippen LogP contribution in [-0.4, -0.2) is 41.3 Å². The molecule has 4 aliphatic carbocycles. The Kier molecular flexibility index (Phi) is 17.1. The van der Waals surface area contributed by atoms with Crippen molar-refractivity contribution in [1.29, 1.82) is 0 Å². The van der Waals surface area contributed by atoms with Crippen molar-refractivity contribution in [1.82, 2.24) is 0 Å². The molecule has 0 unspecified atom stereocenters. The zero-order valence-electron chi connectivity index (χ0n) is 28.5. The standard InChI is InChI=1S/C37H53Cl4NO7/c1-21-9-3-5-11-24(14-8-16-32(40)41)34-29(45)19-26(20-30(34)46)36(49-37(42)48)22(2)10-4-6-12-23(13-7-15-31(38)39)33-27(43)17-25(35(21)47)18-28(33)44/h17-24,31-32,35-36,43-47H,3-16H2,1-2H3,(H2,42,48)/t21-,22-,23+,24+,35+,36+/m0/s1. The van der Waals surface area contributed by atoms with E-state index in [1.807, 2.05) is 13.8 Å². The molecule has 4 aliphatic rings. The predicted molar refractivity (Wildman–Crippen MR) is 197 cm³/mol. The van der Waals surface area contributed by atoms with Crippen molar-refractivity contribution in [3.63, 3.8) is 0 Å². The molecule has 0 fully saturated rings. The molecule has 0 heterocycles. The van der Waals surface area contributed by atoms with Gasteiger partial charge < -0.3 is 36.0 Å². The second-order valence-corrected chi connectivity index (χ2v) is 16.4. The van der Waals surface area contributed by atoms with Crippen LogP contribution in [0.15, 0.2) is 24.3 Å². The summed E-state index contributed by atoms with van der Waals surface area (Å²) in [6, 6.07) is 6.21. The number of rotatable bonds is 9. The smallest absolute Gasteiger partial charge is 0.405 e. The van der Waals surface area contributed by atoms with E-state index in [2.05, 4.69) is 0 Å². The first kappa shape index (κ1) is 41.5. The fourth-order valence-corrected chi connectivity index (χ4v) is 7.97. The van der Waals surface area contributed by atoms with Crippen molar-refractivity contribution in [3.05, 3.63) is 46.5 Å². The van der Waals surface area contributed by atoms with Crippen molar-refractivity contribution < 1.29 is 35.1 Å². The third-order valence-corrected chi connectivity index (χ3v) is 10.8. The molecule has 49 heavy (non-hydrogen) atoms. The average molecular weight is 766 g/mol. The highest BCUT2D eigenvalue weighted by molar-refractivity contribution is 6.44. The molecule has 0 spiro atoms. The van der Waals surface area contributed by atoms with Crippen LogP contribution in [-0.2, 0) is 4.74 Å². The van der Waals surface area contributed by atoms with E-state index in [0.717, 1.165) is 25.7 Å². The van der Waals surface area contributed by atoms with Crippen LogP contribution in [0.2, 0.25) is 0 Å². The summed E-state index contributed by atoms with van der Waals surface area (Å²) in [4.78, 5) is 11.0. The van der Waals surface area contributed by atoms with E-state index < -0.39 is 28.0 Å². The Morgan fingerprint density at radius 2 is 1.10 bits per heavy atom. The highest BCUT2D eigenvalue weighted by Gasteiger charge is 2.29. The third-order valence-electron chi connectivity index (χ3n) is 9.98. The summed E-state index contributed by atoms with van der Waals surface area (Å²) in [7, 11) is 0.